The van der Waals surface area contributed by atoms with E-state index in [-0.39, 0.29) is 17.2 Å². The molecule has 6 heteroatoms. The number of carbonyl (C=O) groups is 1. The van der Waals surface area contributed by atoms with Crippen molar-refractivity contribution in [2.75, 3.05) is 6.54 Å². The van der Waals surface area contributed by atoms with Gasteiger partial charge in [-0.25, -0.2) is 0 Å². The topological polar surface area (TPSA) is 29.5 Å². The van der Waals surface area contributed by atoms with Gasteiger partial charge >= 0.3 is 6.18 Å². The summed E-state index contributed by atoms with van der Waals surface area (Å²) < 4.78 is 46.0. The zero-order valence-electron chi connectivity index (χ0n) is 13.0. The normalized spacial score (nSPS) is 20.7. The van der Waals surface area contributed by atoms with E-state index in [2.05, 4.69) is 0 Å². The van der Waals surface area contributed by atoms with Crippen LogP contribution in [0.5, 0.6) is 5.75 Å². The van der Waals surface area contributed by atoms with Crippen molar-refractivity contribution in [3.8, 4) is 5.75 Å². The van der Waals surface area contributed by atoms with Crippen molar-refractivity contribution in [3.05, 3.63) is 35.4 Å². The molecule has 3 rings (SSSR count). The molecular formula is C17H18F3NO2. The fraction of sp³-hybridized carbons (Fsp3) is 0.471. The van der Waals surface area contributed by atoms with Crippen LogP contribution in [0.4, 0.5) is 13.2 Å². The molecule has 1 aromatic rings. The summed E-state index contributed by atoms with van der Waals surface area (Å²) in [6, 6.07) is 3.88. The Balaban J connectivity index is 2.19. The third-order valence-corrected chi connectivity index (χ3v) is 4.06. The predicted molar refractivity (Wildman–Crippen MR) is 79.7 cm³/mol. The lowest BCUT2D eigenvalue weighted by molar-refractivity contribution is -0.138. The van der Waals surface area contributed by atoms with Gasteiger partial charge in [0.25, 0.3) is 0 Å². The van der Waals surface area contributed by atoms with Crippen molar-refractivity contribution in [2.45, 2.75) is 44.9 Å². The number of ether oxygens (including phenoxy) is 1. The van der Waals surface area contributed by atoms with Crippen molar-refractivity contribution >= 4 is 11.6 Å². The van der Waals surface area contributed by atoms with Crippen LogP contribution in [-0.2, 0) is 11.0 Å². The highest BCUT2D eigenvalue weighted by molar-refractivity contribution is 5.90. The third-order valence-electron chi connectivity index (χ3n) is 4.06. The molecule has 124 valence electrons. The van der Waals surface area contributed by atoms with E-state index in [1.54, 1.807) is 19.9 Å². The lowest BCUT2D eigenvalue weighted by Crippen LogP contribution is -2.39. The standard InChI is InChI=1S/C17H18F3NO2/c1-16(2)10-12(21-9-4-3-8-14(21)22)15-11(17(18,19)20)6-5-7-13(15)23-16/h5-7,10H,3-4,8-9H2,1-2H3. The highest BCUT2D eigenvalue weighted by Crippen LogP contribution is 2.45. The van der Waals surface area contributed by atoms with Crippen LogP contribution in [0.2, 0.25) is 0 Å². The van der Waals surface area contributed by atoms with Crippen LogP contribution >= 0.6 is 0 Å². The van der Waals surface area contributed by atoms with Crippen LogP contribution < -0.4 is 4.74 Å². The van der Waals surface area contributed by atoms with Crippen molar-refractivity contribution in [1.29, 1.82) is 0 Å². The van der Waals surface area contributed by atoms with Gasteiger partial charge in [0.05, 0.1) is 16.8 Å². The molecule has 3 nitrogen and oxygen atoms in total. The molecule has 1 amide bonds. The monoisotopic (exact) mass is 325 g/mol. The fourth-order valence-electron chi connectivity index (χ4n) is 3.10. The molecule has 1 saturated heterocycles. The second-order valence-corrected chi connectivity index (χ2v) is 6.41. The molecule has 23 heavy (non-hydrogen) atoms. The third kappa shape index (κ3) is 2.94. The molecular weight excluding hydrogens is 307 g/mol. The molecule has 0 saturated carbocycles. The molecule has 0 aromatic heterocycles. The zero-order chi connectivity index (χ0) is 16.8. The number of piperidine rings is 1. The molecule has 0 radical (unpaired) electrons. The van der Waals surface area contributed by atoms with Gasteiger partial charge in [0.1, 0.15) is 11.4 Å². The average molecular weight is 325 g/mol. The minimum Gasteiger partial charge on any atom is -0.483 e. The fourth-order valence-corrected chi connectivity index (χ4v) is 3.10. The maximum absolute atomic E-state index is 13.4. The summed E-state index contributed by atoms with van der Waals surface area (Å²) in [4.78, 5) is 13.7. The van der Waals surface area contributed by atoms with Gasteiger partial charge in [0, 0.05) is 13.0 Å². The van der Waals surface area contributed by atoms with Crippen molar-refractivity contribution in [3.63, 3.8) is 0 Å². The summed E-state index contributed by atoms with van der Waals surface area (Å²) in [5, 5.41) is 0. The first kappa shape index (κ1) is 15.9. The number of fused-ring (bicyclic) bond motifs is 1. The van der Waals surface area contributed by atoms with Gasteiger partial charge in [0.2, 0.25) is 5.91 Å². The lowest BCUT2D eigenvalue weighted by atomic mass is 9.93. The molecule has 2 aliphatic heterocycles. The number of benzene rings is 1. The van der Waals surface area contributed by atoms with Gasteiger partial charge in [-0.2, -0.15) is 13.2 Å². The van der Waals surface area contributed by atoms with Crippen LogP contribution in [0.1, 0.15) is 44.2 Å². The Morgan fingerprint density at radius 2 is 1.96 bits per heavy atom. The lowest BCUT2D eigenvalue weighted by Gasteiger charge is -2.38. The van der Waals surface area contributed by atoms with E-state index in [0.717, 1.165) is 18.9 Å². The highest BCUT2D eigenvalue weighted by Gasteiger charge is 2.41. The zero-order valence-corrected chi connectivity index (χ0v) is 13.0. The van der Waals surface area contributed by atoms with E-state index in [1.807, 2.05) is 0 Å². The Bertz CT molecular complexity index is 677. The number of hydrogen-bond acceptors (Lipinski definition) is 2. The van der Waals surface area contributed by atoms with E-state index in [1.165, 1.54) is 17.0 Å². The van der Waals surface area contributed by atoms with Gasteiger partial charge < -0.3 is 9.64 Å². The minimum absolute atomic E-state index is 0.0328. The Labute approximate surface area is 132 Å². The first-order valence-electron chi connectivity index (χ1n) is 7.62. The summed E-state index contributed by atoms with van der Waals surface area (Å²) in [6.45, 7) is 3.97. The average Bonchev–Trinajstić information content (AvgIpc) is 2.44. The molecule has 2 aliphatic rings. The predicted octanol–water partition coefficient (Wildman–Crippen LogP) is 4.23. The second kappa shape index (κ2) is 5.28. The van der Waals surface area contributed by atoms with Crippen molar-refractivity contribution in [1.82, 2.24) is 4.90 Å². The van der Waals surface area contributed by atoms with Gasteiger partial charge in [-0.15, -0.1) is 0 Å². The maximum atomic E-state index is 13.4. The van der Waals surface area contributed by atoms with Gasteiger partial charge in [-0.05, 0) is 44.9 Å². The van der Waals surface area contributed by atoms with Gasteiger partial charge in [0.15, 0.2) is 0 Å². The van der Waals surface area contributed by atoms with Crippen LogP contribution in [0, 0.1) is 0 Å². The molecule has 0 unspecified atom stereocenters. The summed E-state index contributed by atoms with van der Waals surface area (Å²) in [5.41, 5.74) is -1.26. The second-order valence-electron chi connectivity index (χ2n) is 6.41. The maximum Gasteiger partial charge on any atom is 0.417 e. The molecule has 0 N–H and O–H groups in total. The van der Waals surface area contributed by atoms with Gasteiger partial charge in [-0.3, -0.25) is 4.79 Å². The number of halogens is 3. The summed E-state index contributed by atoms with van der Waals surface area (Å²) in [5.74, 6) is 0.0313. The highest BCUT2D eigenvalue weighted by atomic mass is 19.4. The summed E-state index contributed by atoms with van der Waals surface area (Å²) in [6.07, 6.45) is -0.964. The largest absolute Gasteiger partial charge is 0.483 e. The van der Waals surface area contributed by atoms with Crippen LogP contribution in [0.3, 0.4) is 0 Å². The number of amides is 1. The Morgan fingerprint density at radius 3 is 2.61 bits per heavy atom. The van der Waals surface area contributed by atoms with Crippen LogP contribution in [-0.4, -0.2) is 23.0 Å². The number of carbonyl (C=O) groups excluding carboxylic acids is 1. The molecule has 0 atom stereocenters. The minimum atomic E-state index is -4.51. The Morgan fingerprint density at radius 1 is 1.22 bits per heavy atom. The first-order valence-corrected chi connectivity index (χ1v) is 7.62. The van der Waals surface area contributed by atoms with E-state index in [0.29, 0.717) is 18.7 Å². The molecule has 1 fully saturated rings. The number of nitrogens with zero attached hydrogens (tertiary/aromatic N) is 1. The van der Waals surface area contributed by atoms with Crippen molar-refractivity contribution < 1.29 is 22.7 Å². The first-order chi connectivity index (χ1) is 10.7. The number of hydrogen-bond donors (Lipinski definition) is 0. The molecule has 0 aliphatic carbocycles. The van der Waals surface area contributed by atoms with E-state index < -0.39 is 17.3 Å². The molecule has 1 aromatic carbocycles. The summed E-state index contributed by atoms with van der Waals surface area (Å²) >= 11 is 0. The van der Waals surface area contributed by atoms with Crippen LogP contribution in [0.15, 0.2) is 24.3 Å². The molecule has 2 heterocycles. The number of rotatable bonds is 1. The Hall–Kier alpha value is -1.98. The van der Waals surface area contributed by atoms with Gasteiger partial charge in [-0.1, -0.05) is 6.07 Å². The number of alkyl halides is 3. The number of likely N-dealkylation sites (tertiary alicyclic amines) is 1. The quantitative estimate of drug-likeness (QED) is 0.773. The van der Waals surface area contributed by atoms with Crippen molar-refractivity contribution in [2.24, 2.45) is 0 Å². The van der Waals surface area contributed by atoms with E-state index in [9.17, 15) is 18.0 Å². The molecule has 0 bridgehead atoms. The van der Waals surface area contributed by atoms with E-state index >= 15 is 0 Å². The van der Waals surface area contributed by atoms with E-state index in [4.69, 9.17) is 4.74 Å². The Kier molecular flexibility index (Phi) is 3.65. The molecule has 0 spiro atoms. The SMILES string of the molecule is CC1(C)C=C(N2CCCCC2=O)c2c(cccc2C(F)(F)F)O1. The summed E-state index contributed by atoms with van der Waals surface area (Å²) in [7, 11) is 0. The smallest absolute Gasteiger partial charge is 0.417 e. The van der Waals surface area contributed by atoms with Crippen LogP contribution in [0.25, 0.3) is 5.70 Å².